The monoisotopic (exact) mass is 461 g/mol. The number of fused-ring (bicyclic) bond motifs is 1. The fraction of sp³-hybridized carbons (Fsp3) is 0.429. The van der Waals surface area contributed by atoms with Crippen LogP contribution < -0.4 is 0 Å². The summed E-state index contributed by atoms with van der Waals surface area (Å²) in [7, 11) is -3.52. The van der Waals surface area contributed by atoms with Crippen molar-refractivity contribution in [2.24, 2.45) is 5.92 Å². The molecule has 3 aromatic rings. The summed E-state index contributed by atoms with van der Waals surface area (Å²) in [5.74, 6) is -0.216. The van der Waals surface area contributed by atoms with Crippen LogP contribution in [0.1, 0.15) is 36.7 Å². The van der Waals surface area contributed by atoms with Gasteiger partial charge in [-0.3, -0.25) is 4.79 Å². The Bertz CT molecular complexity index is 1120. The van der Waals surface area contributed by atoms with Gasteiger partial charge >= 0.3 is 0 Å². The number of rotatable bonds is 4. The van der Waals surface area contributed by atoms with Crippen LogP contribution in [-0.2, 0) is 14.8 Å². The third-order valence-corrected chi connectivity index (χ3v) is 10.3. The minimum atomic E-state index is -3.52. The Morgan fingerprint density at radius 1 is 1.07 bits per heavy atom. The van der Waals surface area contributed by atoms with Crippen molar-refractivity contribution < 1.29 is 13.2 Å². The summed E-state index contributed by atoms with van der Waals surface area (Å²) in [6.07, 6.45) is 3.31. The number of piperidine rings is 1. The second-order valence-electron chi connectivity index (χ2n) is 7.84. The molecule has 4 heterocycles. The van der Waals surface area contributed by atoms with Gasteiger partial charge in [-0.1, -0.05) is 18.2 Å². The highest BCUT2D eigenvalue weighted by molar-refractivity contribution is 7.91. The Hall–Kier alpha value is -1.81. The van der Waals surface area contributed by atoms with Crippen LogP contribution >= 0.6 is 22.7 Å². The van der Waals surface area contributed by atoms with Crippen LogP contribution in [0, 0.1) is 5.92 Å². The maximum atomic E-state index is 13.4. The van der Waals surface area contributed by atoms with Crippen LogP contribution in [0.15, 0.2) is 46.0 Å². The molecule has 30 heavy (non-hydrogen) atoms. The van der Waals surface area contributed by atoms with E-state index in [4.69, 9.17) is 4.98 Å². The molecule has 0 spiro atoms. The van der Waals surface area contributed by atoms with Crippen LogP contribution in [0.3, 0.4) is 0 Å². The normalized spacial score (nSPS) is 23.3. The topological polar surface area (TPSA) is 70.6 Å². The molecule has 2 aliphatic rings. The lowest BCUT2D eigenvalue weighted by Gasteiger charge is -2.34. The molecule has 1 aromatic carbocycles. The SMILES string of the molecule is O=C(C1CCCN(S(=O)(=O)c2cccs2)C1)N1CCCC1c1nc2ccccc2s1. The predicted molar refractivity (Wildman–Crippen MR) is 119 cm³/mol. The van der Waals surface area contributed by atoms with Crippen molar-refractivity contribution >= 4 is 48.8 Å². The largest absolute Gasteiger partial charge is 0.333 e. The van der Waals surface area contributed by atoms with E-state index < -0.39 is 10.0 Å². The summed E-state index contributed by atoms with van der Waals surface area (Å²) in [5, 5.41) is 2.76. The summed E-state index contributed by atoms with van der Waals surface area (Å²) in [4.78, 5) is 20.2. The number of likely N-dealkylation sites (tertiary alicyclic amines) is 1. The van der Waals surface area contributed by atoms with Crippen molar-refractivity contribution in [3.05, 3.63) is 46.8 Å². The molecule has 9 heteroatoms. The Balaban J connectivity index is 1.35. The molecule has 2 aromatic heterocycles. The third-order valence-electron chi connectivity index (χ3n) is 5.95. The lowest BCUT2D eigenvalue weighted by atomic mass is 9.97. The first-order valence-electron chi connectivity index (χ1n) is 10.2. The number of hydrogen-bond donors (Lipinski definition) is 0. The summed E-state index contributed by atoms with van der Waals surface area (Å²) < 4.78 is 28.8. The van der Waals surface area contributed by atoms with Gasteiger partial charge in [-0.15, -0.1) is 22.7 Å². The highest BCUT2D eigenvalue weighted by atomic mass is 32.2. The maximum Gasteiger partial charge on any atom is 0.252 e. The molecule has 2 fully saturated rings. The average molecular weight is 462 g/mol. The molecule has 2 saturated heterocycles. The fourth-order valence-corrected chi connectivity index (χ4v) is 8.24. The summed E-state index contributed by atoms with van der Waals surface area (Å²) in [6.45, 7) is 1.46. The molecule has 2 unspecified atom stereocenters. The number of nitrogens with zero attached hydrogens (tertiary/aromatic N) is 3. The van der Waals surface area contributed by atoms with E-state index in [0.29, 0.717) is 23.7 Å². The van der Waals surface area contributed by atoms with Gasteiger partial charge in [0, 0.05) is 19.6 Å². The molecule has 2 atom stereocenters. The third kappa shape index (κ3) is 3.57. The van der Waals surface area contributed by atoms with Crippen LogP contribution in [-0.4, -0.2) is 48.1 Å². The van der Waals surface area contributed by atoms with E-state index >= 15 is 0 Å². The van der Waals surface area contributed by atoms with Crippen molar-refractivity contribution in [3.63, 3.8) is 0 Å². The van der Waals surface area contributed by atoms with Crippen LogP contribution in [0.5, 0.6) is 0 Å². The van der Waals surface area contributed by atoms with Crippen molar-refractivity contribution in [2.45, 2.75) is 35.9 Å². The van der Waals surface area contributed by atoms with Crippen molar-refractivity contribution in [2.75, 3.05) is 19.6 Å². The smallest absolute Gasteiger partial charge is 0.252 e. The molecule has 1 amide bonds. The van der Waals surface area contributed by atoms with Crippen molar-refractivity contribution in [3.8, 4) is 0 Å². The Morgan fingerprint density at radius 2 is 1.90 bits per heavy atom. The van der Waals surface area contributed by atoms with Gasteiger partial charge in [0.25, 0.3) is 10.0 Å². The van der Waals surface area contributed by atoms with E-state index in [1.165, 1.54) is 15.6 Å². The van der Waals surface area contributed by atoms with Crippen molar-refractivity contribution in [1.82, 2.24) is 14.2 Å². The van der Waals surface area contributed by atoms with Crippen LogP contribution in [0.25, 0.3) is 10.2 Å². The molecule has 2 aliphatic heterocycles. The van der Waals surface area contributed by atoms with Gasteiger partial charge in [0.05, 0.1) is 22.2 Å². The summed E-state index contributed by atoms with van der Waals surface area (Å²) in [6, 6.07) is 11.4. The molecule has 6 nitrogen and oxygen atoms in total. The molecule has 0 bridgehead atoms. The van der Waals surface area contributed by atoms with Gasteiger partial charge in [-0.2, -0.15) is 4.31 Å². The van der Waals surface area contributed by atoms with Crippen molar-refractivity contribution in [1.29, 1.82) is 0 Å². The first kappa shape index (κ1) is 20.1. The number of sulfonamides is 1. The van der Waals surface area contributed by atoms with Crippen LogP contribution in [0.2, 0.25) is 0 Å². The molecule has 0 saturated carbocycles. The maximum absolute atomic E-state index is 13.4. The number of amides is 1. The molecular weight excluding hydrogens is 438 g/mol. The zero-order valence-corrected chi connectivity index (χ0v) is 18.9. The number of benzene rings is 1. The summed E-state index contributed by atoms with van der Waals surface area (Å²) in [5.41, 5.74) is 0.975. The molecule has 0 N–H and O–H groups in total. The van der Waals surface area contributed by atoms with E-state index in [0.717, 1.165) is 34.5 Å². The minimum Gasteiger partial charge on any atom is -0.333 e. The number of para-hydroxylation sites is 1. The zero-order chi connectivity index (χ0) is 20.7. The molecule has 0 radical (unpaired) electrons. The average Bonchev–Trinajstić information content (AvgIpc) is 3.53. The van der Waals surface area contributed by atoms with E-state index in [2.05, 4.69) is 6.07 Å². The van der Waals surface area contributed by atoms with E-state index in [9.17, 15) is 13.2 Å². The van der Waals surface area contributed by atoms with Gasteiger partial charge in [-0.25, -0.2) is 13.4 Å². The van der Waals surface area contributed by atoms with Gasteiger partial charge in [-0.05, 0) is 49.3 Å². The van der Waals surface area contributed by atoms with Gasteiger partial charge in [0.15, 0.2) is 0 Å². The zero-order valence-electron chi connectivity index (χ0n) is 16.4. The minimum absolute atomic E-state index is 0.000760. The molecule has 5 rings (SSSR count). The van der Waals surface area contributed by atoms with Gasteiger partial charge in [0.2, 0.25) is 5.91 Å². The first-order valence-corrected chi connectivity index (χ1v) is 13.4. The number of thiazole rings is 1. The standard InChI is InChI=1S/C21H23N3O3S3/c25-21(15-6-3-11-23(14-15)30(26,27)19-10-5-13-28-19)24-12-4-8-17(24)20-22-16-7-1-2-9-18(16)29-20/h1-2,5,7,9-10,13,15,17H,3-4,6,8,11-12,14H2. The van der Waals surface area contributed by atoms with E-state index in [1.807, 2.05) is 23.1 Å². The highest BCUT2D eigenvalue weighted by Gasteiger charge is 2.39. The van der Waals surface area contributed by atoms with Gasteiger partial charge in [0.1, 0.15) is 9.22 Å². The number of hydrogen-bond acceptors (Lipinski definition) is 6. The number of aromatic nitrogens is 1. The Labute approximate surface area is 184 Å². The quantitative estimate of drug-likeness (QED) is 0.586. The lowest BCUT2D eigenvalue weighted by molar-refractivity contribution is -0.137. The molecule has 158 valence electrons. The second-order valence-corrected chi connectivity index (χ2v) is 12.0. The molecular formula is C21H23N3O3S3. The first-order chi connectivity index (χ1) is 14.5. The highest BCUT2D eigenvalue weighted by Crippen LogP contribution is 2.38. The number of thiophene rings is 1. The fourth-order valence-electron chi connectivity index (χ4n) is 4.45. The van der Waals surface area contributed by atoms with Crippen LogP contribution in [0.4, 0.5) is 0 Å². The lowest BCUT2D eigenvalue weighted by Crippen LogP contribution is -2.46. The van der Waals surface area contributed by atoms with E-state index in [1.54, 1.807) is 28.8 Å². The Morgan fingerprint density at radius 3 is 2.70 bits per heavy atom. The number of carbonyl (C=O) groups is 1. The predicted octanol–water partition coefficient (Wildman–Crippen LogP) is 4.12. The van der Waals surface area contributed by atoms with E-state index in [-0.39, 0.29) is 24.4 Å². The second kappa shape index (κ2) is 8.03. The summed E-state index contributed by atoms with van der Waals surface area (Å²) >= 11 is 2.88. The Kier molecular flexibility index (Phi) is 5.38. The number of carbonyl (C=O) groups excluding carboxylic acids is 1. The molecule has 0 aliphatic carbocycles. The van der Waals surface area contributed by atoms with Gasteiger partial charge < -0.3 is 4.90 Å².